The highest BCUT2D eigenvalue weighted by atomic mass is 16.6. The van der Waals surface area contributed by atoms with Gasteiger partial charge >= 0.3 is 0 Å². The molecule has 1 saturated heterocycles. The van der Waals surface area contributed by atoms with E-state index in [0.717, 1.165) is 37.6 Å². The van der Waals surface area contributed by atoms with Gasteiger partial charge in [0.15, 0.2) is 0 Å². The molecule has 8 nitrogen and oxygen atoms in total. The van der Waals surface area contributed by atoms with E-state index < -0.39 is 4.92 Å². The van der Waals surface area contributed by atoms with Crippen LogP contribution in [-0.4, -0.2) is 55.6 Å². The number of amides is 1. The SMILES string of the molecule is COc1cccc(N2CCN(CC(=O)Nc3ccccc3[N+](=O)[O-])CC2)c1. The molecule has 3 rings (SSSR count). The Morgan fingerprint density at radius 2 is 1.89 bits per heavy atom. The minimum absolute atomic E-state index is 0.103. The quantitative estimate of drug-likeness (QED) is 0.620. The number of nitro groups is 1. The van der Waals surface area contributed by atoms with E-state index in [2.05, 4.69) is 10.2 Å². The first-order valence-corrected chi connectivity index (χ1v) is 8.71. The number of anilines is 2. The number of piperazine rings is 1. The summed E-state index contributed by atoms with van der Waals surface area (Å²) in [6.07, 6.45) is 0. The number of ether oxygens (including phenoxy) is 1. The van der Waals surface area contributed by atoms with Crippen LogP contribution in [0.3, 0.4) is 0 Å². The zero-order valence-electron chi connectivity index (χ0n) is 15.1. The lowest BCUT2D eigenvalue weighted by Crippen LogP contribution is -2.48. The second-order valence-electron chi connectivity index (χ2n) is 6.29. The normalized spacial score (nSPS) is 14.6. The Hall–Kier alpha value is -3.13. The third kappa shape index (κ3) is 4.73. The Bertz CT molecular complexity index is 819. The summed E-state index contributed by atoms with van der Waals surface area (Å²) in [5.74, 6) is 0.567. The van der Waals surface area contributed by atoms with E-state index in [1.165, 1.54) is 12.1 Å². The average Bonchev–Trinajstić information content (AvgIpc) is 2.69. The van der Waals surface area contributed by atoms with Gasteiger partial charge in [-0.05, 0) is 18.2 Å². The predicted molar refractivity (Wildman–Crippen MR) is 103 cm³/mol. The van der Waals surface area contributed by atoms with Gasteiger partial charge in [0, 0.05) is 44.0 Å². The van der Waals surface area contributed by atoms with Crippen molar-refractivity contribution in [3.05, 3.63) is 58.6 Å². The number of methoxy groups -OCH3 is 1. The van der Waals surface area contributed by atoms with Crippen LogP contribution in [0.5, 0.6) is 5.75 Å². The van der Waals surface area contributed by atoms with Gasteiger partial charge in [0.2, 0.25) is 5.91 Å². The largest absolute Gasteiger partial charge is 0.497 e. The van der Waals surface area contributed by atoms with Crippen LogP contribution in [-0.2, 0) is 4.79 Å². The topological polar surface area (TPSA) is 88.0 Å². The van der Waals surface area contributed by atoms with Crippen LogP contribution >= 0.6 is 0 Å². The molecule has 2 aromatic rings. The molecule has 0 atom stereocenters. The van der Waals surface area contributed by atoms with Gasteiger partial charge in [-0.3, -0.25) is 19.8 Å². The molecule has 1 fully saturated rings. The zero-order chi connectivity index (χ0) is 19.2. The summed E-state index contributed by atoms with van der Waals surface area (Å²) in [7, 11) is 1.65. The van der Waals surface area contributed by atoms with Crippen LogP contribution in [0.2, 0.25) is 0 Å². The van der Waals surface area contributed by atoms with Crippen molar-refractivity contribution >= 4 is 23.0 Å². The minimum Gasteiger partial charge on any atom is -0.497 e. The summed E-state index contributed by atoms with van der Waals surface area (Å²) in [5.41, 5.74) is 1.22. The molecule has 0 bridgehead atoms. The van der Waals surface area contributed by atoms with Crippen molar-refractivity contribution in [2.75, 3.05) is 50.1 Å². The van der Waals surface area contributed by atoms with Crippen LogP contribution in [0.25, 0.3) is 0 Å². The molecule has 27 heavy (non-hydrogen) atoms. The number of rotatable bonds is 6. The van der Waals surface area contributed by atoms with Gasteiger partial charge in [-0.1, -0.05) is 18.2 Å². The maximum atomic E-state index is 12.3. The molecule has 8 heteroatoms. The van der Waals surface area contributed by atoms with Gasteiger partial charge in [-0.2, -0.15) is 0 Å². The van der Waals surface area contributed by atoms with Crippen LogP contribution in [0, 0.1) is 10.1 Å². The lowest BCUT2D eigenvalue weighted by Gasteiger charge is -2.35. The second kappa shape index (κ2) is 8.50. The summed E-state index contributed by atoms with van der Waals surface area (Å²) in [5, 5.41) is 13.7. The molecule has 2 aromatic carbocycles. The fourth-order valence-electron chi connectivity index (χ4n) is 3.10. The number of carbonyl (C=O) groups is 1. The highest BCUT2D eigenvalue weighted by molar-refractivity contribution is 5.94. The highest BCUT2D eigenvalue weighted by Gasteiger charge is 2.21. The van der Waals surface area contributed by atoms with E-state index in [4.69, 9.17) is 4.74 Å². The summed E-state index contributed by atoms with van der Waals surface area (Å²) in [4.78, 5) is 27.1. The van der Waals surface area contributed by atoms with Crippen LogP contribution in [0.15, 0.2) is 48.5 Å². The van der Waals surface area contributed by atoms with Crippen molar-refractivity contribution in [1.82, 2.24) is 4.90 Å². The van der Waals surface area contributed by atoms with Crippen molar-refractivity contribution in [3.8, 4) is 5.75 Å². The molecule has 1 heterocycles. The molecular formula is C19H22N4O4. The smallest absolute Gasteiger partial charge is 0.292 e. The predicted octanol–water partition coefficient (Wildman–Crippen LogP) is 2.36. The van der Waals surface area contributed by atoms with Crippen LogP contribution in [0.4, 0.5) is 17.1 Å². The molecule has 0 aliphatic carbocycles. The number of benzene rings is 2. The lowest BCUT2D eigenvalue weighted by atomic mass is 10.2. The molecule has 0 spiro atoms. The van der Waals surface area contributed by atoms with Gasteiger partial charge in [0.25, 0.3) is 5.69 Å². The number of nitrogens with one attached hydrogen (secondary N) is 1. The van der Waals surface area contributed by atoms with Crippen molar-refractivity contribution in [3.63, 3.8) is 0 Å². The minimum atomic E-state index is -0.498. The highest BCUT2D eigenvalue weighted by Crippen LogP contribution is 2.24. The first-order chi connectivity index (χ1) is 13.1. The Kier molecular flexibility index (Phi) is 5.87. The summed E-state index contributed by atoms with van der Waals surface area (Å²) in [6.45, 7) is 3.28. The molecule has 1 aliphatic heterocycles. The maximum absolute atomic E-state index is 12.3. The number of para-hydroxylation sites is 2. The Balaban J connectivity index is 1.53. The van der Waals surface area contributed by atoms with E-state index in [0.29, 0.717) is 0 Å². The zero-order valence-corrected chi connectivity index (χ0v) is 15.1. The van der Waals surface area contributed by atoms with Crippen molar-refractivity contribution in [2.24, 2.45) is 0 Å². The van der Waals surface area contributed by atoms with E-state index in [1.807, 2.05) is 29.2 Å². The number of nitrogens with zero attached hydrogens (tertiary/aromatic N) is 3. The fraction of sp³-hybridized carbons (Fsp3) is 0.316. The molecule has 142 valence electrons. The molecule has 1 amide bonds. The van der Waals surface area contributed by atoms with Gasteiger partial charge in [0.05, 0.1) is 18.6 Å². The third-order valence-corrected chi connectivity index (χ3v) is 4.53. The standard InChI is InChI=1S/C19H22N4O4/c1-27-16-6-4-5-15(13-16)22-11-9-21(10-12-22)14-19(24)20-17-7-2-3-8-18(17)23(25)26/h2-8,13H,9-12,14H2,1H3,(H,20,24). The first kappa shape index (κ1) is 18.7. The van der Waals surface area contributed by atoms with Crippen molar-refractivity contribution < 1.29 is 14.5 Å². The van der Waals surface area contributed by atoms with Crippen LogP contribution < -0.4 is 15.0 Å². The van der Waals surface area contributed by atoms with Gasteiger partial charge in [-0.25, -0.2) is 0 Å². The summed E-state index contributed by atoms with van der Waals surface area (Å²) >= 11 is 0. The lowest BCUT2D eigenvalue weighted by molar-refractivity contribution is -0.383. The van der Waals surface area contributed by atoms with E-state index in [1.54, 1.807) is 19.2 Å². The Labute approximate surface area is 157 Å². The van der Waals surface area contributed by atoms with Gasteiger partial charge < -0.3 is 15.0 Å². The monoisotopic (exact) mass is 370 g/mol. The van der Waals surface area contributed by atoms with Gasteiger partial charge in [0.1, 0.15) is 11.4 Å². The van der Waals surface area contributed by atoms with Crippen molar-refractivity contribution in [1.29, 1.82) is 0 Å². The van der Waals surface area contributed by atoms with E-state index in [9.17, 15) is 14.9 Å². The number of carbonyl (C=O) groups excluding carboxylic acids is 1. The molecule has 0 radical (unpaired) electrons. The Morgan fingerprint density at radius 3 is 2.59 bits per heavy atom. The fourth-order valence-corrected chi connectivity index (χ4v) is 3.10. The summed E-state index contributed by atoms with van der Waals surface area (Å²) in [6, 6.07) is 14.1. The summed E-state index contributed by atoms with van der Waals surface area (Å²) < 4.78 is 5.26. The molecular weight excluding hydrogens is 348 g/mol. The van der Waals surface area contributed by atoms with Crippen molar-refractivity contribution in [2.45, 2.75) is 0 Å². The third-order valence-electron chi connectivity index (χ3n) is 4.53. The average molecular weight is 370 g/mol. The molecule has 1 aliphatic rings. The van der Waals surface area contributed by atoms with E-state index in [-0.39, 0.29) is 23.8 Å². The van der Waals surface area contributed by atoms with Gasteiger partial charge in [-0.15, -0.1) is 0 Å². The molecule has 0 saturated carbocycles. The number of nitro benzene ring substituents is 1. The molecule has 1 N–H and O–H groups in total. The number of hydrogen-bond donors (Lipinski definition) is 1. The second-order valence-corrected chi connectivity index (χ2v) is 6.29. The maximum Gasteiger partial charge on any atom is 0.292 e. The van der Waals surface area contributed by atoms with Crippen LogP contribution in [0.1, 0.15) is 0 Å². The molecule has 0 unspecified atom stereocenters. The van der Waals surface area contributed by atoms with E-state index >= 15 is 0 Å². The first-order valence-electron chi connectivity index (χ1n) is 8.71. The number of hydrogen-bond acceptors (Lipinski definition) is 6. The Morgan fingerprint density at radius 1 is 1.15 bits per heavy atom. The molecule has 0 aromatic heterocycles.